The van der Waals surface area contributed by atoms with Crippen molar-refractivity contribution in [2.24, 2.45) is 0 Å². The summed E-state index contributed by atoms with van der Waals surface area (Å²) in [4.78, 5) is 21.2. The first-order valence-corrected chi connectivity index (χ1v) is 9.03. The summed E-state index contributed by atoms with van der Waals surface area (Å²) >= 11 is 0. The van der Waals surface area contributed by atoms with Crippen LogP contribution in [0.1, 0.15) is 29.9 Å². The molecule has 0 unspecified atom stereocenters. The molecule has 0 fully saturated rings. The van der Waals surface area contributed by atoms with Gasteiger partial charge in [0, 0.05) is 31.9 Å². The van der Waals surface area contributed by atoms with Gasteiger partial charge in [0.15, 0.2) is 9.84 Å². The smallest absolute Gasteiger partial charge is 0.279 e. The van der Waals surface area contributed by atoms with Crippen molar-refractivity contribution in [2.45, 2.75) is 24.7 Å². The van der Waals surface area contributed by atoms with E-state index >= 15 is 0 Å². The van der Waals surface area contributed by atoms with Gasteiger partial charge in [0.05, 0.1) is 10.6 Å². The molecule has 134 valence electrons. The highest BCUT2D eigenvalue weighted by atomic mass is 32.2. The largest absolute Gasteiger partial charge is 0.294 e. The van der Waals surface area contributed by atoms with Gasteiger partial charge < -0.3 is 0 Å². The molecule has 1 amide bonds. The van der Waals surface area contributed by atoms with E-state index in [0.717, 1.165) is 24.1 Å². The van der Waals surface area contributed by atoms with Gasteiger partial charge in [0.1, 0.15) is 11.5 Å². The zero-order chi connectivity index (χ0) is 18.8. The van der Waals surface area contributed by atoms with Gasteiger partial charge in [-0.05, 0) is 24.3 Å². The second-order valence-corrected chi connectivity index (χ2v) is 7.66. The number of rotatable bonds is 5. The van der Waals surface area contributed by atoms with E-state index < -0.39 is 21.7 Å². The van der Waals surface area contributed by atoms with Crippen molar-refractivity contribution in [1.29, 1.82) is 0 Å². The number of aromatic nitrogens is 2. The van der Waals surface area contributed by atoms with Crippen LogP contribution in [0.25, 0.3) is 0 Å². The highest BCUT2D eigenvalue weighted by molar-refractivity contribution is 7.91. The third kappa shape index (κ3) is 3.98. The average molecular weight is 369 g/mol. The first-order chi connectivity index (χ1) is 11.6. The fourth-order valence-electron chi connectivity index (χ4n) is 2.06. The zero-order valence-electron chi connectivity index (χ0n) is 13.9. The Morgan fingerprint density at radius 3 is 2.44 bits per heavy atom. The minimum atomic E-state index is -3.65. The SMILES string of the molecule is CCS(=O)(=O)c1cccnc1C(=O)N(C)c1ccc(C(C)(F)F)cn1. The Morgan fingerprint density at radius 2 is 1.92 bits per heavy atom. The van der Waals surface area contributed by atoms with E-state index in [1.165, 1.54) is 38.4 Å². The van der Waals surface area contributed by atoms with Crippen LogP contribution in [-0.2, 0) is 15.8 Å². The molecule has 0 N–H and O–H groups in total. The van der Waals surface area contributed by atoms with E-state index in [2.05, 4.69) is 9.97 Å². The number of halogens is 2. The molecule has 0 atom stereocenters. The van der Waals surface area contributed by atoms with E-state index in [0.29, 0.717) is 0 Å². The average Bonchev–Trinajstić information content (AvgIpc) is 2.59. The number of hydrogen-bond acceptors (Lipinski definition) is 5. The number of sulfone groups is 1. The number of pyridine rings is 2. The van der Waals surface area contributed by atoms with Crippen LogP contribution in [0.5, 0.6) is 0 Å². The van der Waals surface area contributed by atoms with Gasteiger partial charge in [-0.15, -0.1) is 0 Å². The van der Waals surface area contributed by atoms with Crippen LogP contribution >= 0.6 is 0 Å². The number of alkyl halides is 2. The molecule has 9 heteroatoms. The molecular formula is C16H17F2N3O3S. The molecule has 0 aliphatic carbocycles. The van der Waals surface area contributed by atoms with E-state index in [9.17, 15) is 22.0 Å². The maximum Gasteiger partial charge on any atom is 0.279 e. The molecule has 0 aromatic carbocycles. The quantitative estimate of drug-likeness (QED) is 0.809. The number of carbonyl (C=O) groups excluding carboxylic acids is 1. The van der Waals surface area contributed by atoms with Crippen molar-refractivity contribution in [3.63, 3.8) is 0 Å². The predicted molar refractivity (Wildman–Crippen MR) is 88.5 cm³/mol. The van der Waals surface area contributed by atoms with Gasteiger partial charge in [-0.3, -0.25) is 9.69 Å². The first-order valence-electron chi connectivity index (χ1n) is 7.38. The van der Waals surface area contributed by atoms with Crippen molar-refractivity contribution in [2.75, 3.05) is 17.7 Å². The molecule has 2 aromatic rings. The minimum Gasteiger partial charge on any atom is -0.294 e. The Bertz CT molecular complexity index is 878. The zero-order valence-corrected chi connectivity index (χ0v) is 14.7. The molecule has 6 nitrogen and oxygen atoms in total. The van der Waals surface area contributed by atoms with E-state index in [1.54, 1.807) is 0 Å². The lowest BCUT2D eigenvalue weighted by atomic mass is 10.2. The van der Waals surface area contributed by atoms with E-state index in [1.807, 2.05) is 0 Å². The van der Waals surface area contributed by atoms with Gasteiger partial charge in [-0.25, -0.2) is 27.2 Å². The highest BCUT2D eigenvalue weighted by Gasteiger charge is 2.27. The Labute approximate surface area is 144 Å². The standard InChI is InChI=1S/C16H17F2N3O3S/c1-4-25(23,24)12-6-5-9-19-14(12)15(22)21(3)13-8-7-11(10-20-13)16(2,17)18/h5-10H,4H2,1-3H3. The second kappa shape index (κ2) is 6.83. The molecule has 0 aliphatic heterocycles. The van der Waals surface area contributed by atoms with E-state index in [-0.39, 0.29) is 27.7 Å². The molecule has 2 heterocycles. The van der Waals surface area contributed by atoms with Crippen molar-refractivity contribution in [3.05, 3.63) is 47.9 Å². The number of hydrogen-bond donors (Lipinski definition) is 0. The first kappa shape index (κ1) is 18.9. The van der Waals surface area contributed by atoms with Crippen LogP contribution in [0.4, 0.5) is 14.6 Å². The Balaban J connectivity index is 2.39. The molecular weight excluding hydrogens is 352 g/mol. The van der Waals surface area contributed by atoms with Gasteiger partial charge >= 0.3 is 0 Å². The normalized spacial score (nSPS) is 12.0. The van der Waals surface area contributed by atoms with Crippen LogP contribution < -0.4 is 4.90 Å². The summed E-state index contributed by atoms with van der Waals surface area (Å²) in [7, 11) is -2.28. The molecule has 0 radical (unpaired) electrons. The summed E-state index contributed by atoms with van der Waals surface area (Å²) in [5, 5.41) is 0. The summed E-state index contributed by atoms with van der Waals surface area (Å²) in [5.41, 5.74) is -0.525. The van der Waals surface area contributed by atoms with Crippen LogP contribution in [-0.4, -0.2) is 37.1 Å². The Kier molecular flexibility index (Phi) is 5.17. The van der Waals surface area contributed by atoms with Gasteiger partial charge in [-0.1, -0.05) is 6.92 Å². The van der Waals surface area contributed by atoms with Crippen LogP contribution in [0.2, 0.25) is 0 Å². The van der Waals surface area contributed by atoms with E-state index in [4.69, 9.17) is 0 Å². The lowest BCUT2D eigenvalue weighted by Crippen LogP contribution is -2.29. The third-order valence-corrected chi connectivity index (χ3v) is 5.35. The molecule has 0 aliphatic rings. The van der Waals surface area contributed by atoms with Gasteiger partial charge in [0.25, 0.3) is 11.8 Å². The lowest BCUT2D eigenvalue weighted by molar-refractivity contribution is 0.0171. The predicted octanol–water partition coefficient (Wildman–Crippen LogP) is 2.66. The minimum absolute atomic E-state index is 0.100. The third-order valence-electron chi connectivity index (χ3n) is 3.59. The number of nitrogens with zero attached hydrogens (tertiary/aromatic N) is 3. The van der Waals surface area contributed by atoms with Crippen LogP contribution in [0.3, 0.4) is 0 Å². The van der Waals surface area contributed by atoms with Crippen molar-refractivity contribution < 1.29 is 22.0 Å². The number of amides is 1. The van der Waals surface area contributed by atoms with Crippen molar-refractivity contribution in [1.82, 2.24) is 9.97 Å². The lowest BCUT2D eigenvalue weighted by Gasteiger charge is -2.18. The van der Waals surface area contributed by atoms with Crippen LogP contribution in [0, 0.1) is 0 Å². The monoisotopic (exact) mass is 369 g/mol. The fraction of sp³-hybridized carbons (Fsp3) is 0.312. The molecule has 2 rings (SSSR count). The second-order valence-electron chi connectivity index (χ2n) is 5.41. The molecule has 0 saturated carbocycles. The number of anilines is 1. The highest BCUT2D eigenvalue weighted by Crippen LogP contribution is 2.27. The summed E-state index contributed by atoms with van der Waals surface area (Å²) in [6, 6.07) is 5.16. The maximum absolute atomic E-state index is 13.2. The Morgan fingerprint density at radius 1 is 1.24 bits per heavy atom. The summed E-state index contributed by atoms with van der Waals surface area (Å²) < 4.78 is 50.7. The number of carbonyl (C=O) groups is 1. The van der Waals surface area contributed by atoms with Gasteiger partial charge in [0.2, 0.25) is 0 Å². The Hall–Kier alpha value is -2.42. The summed E-state index contributed by atoms with van der Waals surface area (Å²) in [6.07, 6.45) is 2.28. The molecule has 25 heavy (non-hydrogen) atoms. The topological polar surface area (TPSA) is 80.2 Å². The summed E-state index contributed by atoms with van der Waals surface area (Å²) in [6.45, 7) is 2.21. The fourth-order valence-corrected chi connectivity index (χ4v) is 3.10. The summed E-state index contributed by atoms with van der Waals surface area (Å²) in [5.74, 6) is -3.82. The molecule has 2 aromatic heterocycles. The van der Waals surface area contributed by atoms with Crippen molar-refractivity contribution >= 4 is 21.6 Å². The molecule has 0 spiro atoms. The molecule has 0 saturated heterocycles. The van der Waals surface area contributed by atoms with Crippen LogP contribution in [0.15, 0.2) is 41.6 Å². The van der Waals surface area contributed by atoms with Gasteiger partial charge in [-0.2, -0.15) is 0 Å². The maximum atomic E-state index is 13.2. The van der Waals surface area contributed by atoms with Crippen molar-refractivity contribution in [3.8, 4) is 0 Å². The molecule has 0 bridgehead atoms.